The molecule has 0 fully saturated rings. The number of rotatable bonds is 4. The number of carbonyl (C=O) groups excluding carboxylic acids is 1. The predicted octanol–water partition coefficient (Wildman–Crippen LogP) is 1.12. The topological polar surface area (TPSA) is 91.5 Å². The highest BCUT2D eigenvalue weighted by atomic mass is 16.3. The number of aliphatic hydroxyl groups excluding tert-OH is 1. The fourth-order valence-electron chi connectivity index (χ4n) is 1.64. The second kappa shape index (κ2) is 6.19. The quantitative estimate of drug-likeness (QED) is 0.568. The van der Waals surface area contributed by atoms with E-state index in [2.05, 4.69) is 10.4 Å². The minimum atomic E-state index is -0.247. The van der Waals surface area contributed by atoms with Crippen LogP contribution in [0.4, 0.5) is 5.82 Å². The molecule has 6 heteroatoms. The van der Waals surface area contributed by atoms with Gasteiger partial charge in [-0.15, -0.1) is 0 Å². The van der Waals surface area contributed by atoms with Gasteiger partial charge in [0.1, 0.15) is 5.82 Å². The molecule has 20 heavy (non-hydrogen) atoms. The van der Waals surface area contributed by atoms with Crippen molar-refractivity contribution in [2.45, 2.75) is 39.2 Å². The molecule has 0 radical (unpaired) electrons. The zero-order valence-electron chi connectivity index (χ0n) is 12.8. The van der Waals surface area contributed by atoms with Crippen molar-refractivity contribution in [2.75, 3.05) is 19.1 Å². The van der Waals surface area contributed by atoms with Crippen molar-refractivity contribution in [3.8, 4) is 0 Å². The SMILES string of the molecule is CC(CO)N(C)C(=O)c1cc(NN)nc(C(C)(C)C)c1. The summed E-state index contributed by atoms with van der Waals surface area (Å²) in [4.78, 5) is 18.3. The molecule has 0 aromatic carbocycles. The number of nitrogens with zero attached hydrogens (tertiary/aromatic N) is 2. The third-order valence-electron chi connectivity index (χ3n) is 3.23. The fraction of sp³-hybridized carbons (Fsp3) is 0.571. The van der Waals surface area contributed by atoms with Crippen molar-refractivity contribution < 1.29 is 9.90 Å². The van der Waals surface area contributed by atoms with Gasteiger partial charge in [-0.05, 0) is 19.1 Å². The molecule has 112 valence electrons. The molecule has 0 aliphatic heterocycles. The Labute approximate surface area is 120 Å². The minimum absolute atomic E-state index is 0.0819. The average molecular weight is 280 g/mol. The molecule has 0 aliphatic rings. The molecule has 0 bridgehead atoms. The van der Waals surface area contributed by atoms with E-state index >= 15 is 0 Å². The summed E-state index contributed by atoms with van der Waals surface area (Å²) in [5.41, 5.74) is 3.57. The van der Waals surface area contributed by atoms with Crippen LogP contribution in [-0.2, 0) is 5.41 Å². The van der Waals surface area contributed by atoms with Crippen LogP contribution in [0.3, 0.4) is 0 Å². The second-order valence-electron chi connectivity index (χ2n) is 5.97. The number of amides is 1. The van der Waals surface area contributed by atoms with Gasteiger partial charge in [-0.3, -0.25) is 4.79 Å². The van der Waals surface area contributed by atoms with E-state index in [0.29, 0.717) is 11.4 Å². The van der Waals surface area contributed by atoms with Crippen LogP contribution in [0.15, 0.2) is 12.1 Å². The van der Waals surface area contributed by atoms with E-state index < -0.39 is 0 Å². The van der Waals surface area contributed by atoms with Gasteiger partial charge >= 0.3 is 0 Å². The normalized spacial score (nSPS) is 12.9. The summed E-state index contributed by atoms with van der Waals surface area (Å²) >= 11 is 0. The Morgan fingerprint density at radius 3 is 2.55 bits per heavy atom. The lowest BCUT2D eigenvalue weighted by atomic mass is 9.90. The van der Waals surface area contributed by atoms with Crippen molar-refractivity contribution in [3.05, 3.63) is 23.4 Å². The summed E-state index contributed by atoms with van der Waals surface area (Å²) in [6, 6.07) is 3.13. The van der Waals surface area contributed by atoms with Crippen molar-refractivity contribution in [1.82, 2.24) is 9.88 Å². The highest BCUT2D eigenvalue weighted by molar-refractivity contribution is 5.95. The van der Waals surface area contributed by atoms with Crippen LogP contribution in [0.5, 0.6) is 0 Å². The van der Waals surface area contributed by atoms with Gasteiger partial charge in [-0.2, -0.15) is 0 Å². The molecular weight excluding hydrogens is 256 g/mol. The van der Waals surface area contributed by atoms with Gasteiger partial charge in [0, 0.05) is 23.7 Å². The first-order valence-corrected chi connectivity index (χ1v) is 6.58. The van der Waals surface area contributed by atoms with Gasteiger partial charge in [-0.1, -0.05) is 20.8 Å². The molecular formula is C14H24N4O2. The van der Waals surface area contributed by atoms with Crippen LogP contribution in [0, 0.1) is 0 Å². The number of carbonyl (C=O) groups is 1. The van der Waals surface area contributed by atoms with Gasteiger partial charge < -0.3 is 15.4 Å². The first-order valence-electron chi connectivity index (χ1n) is 6.58. The molecule has 1 aromatic heterocycles. The van der Waals surface area contributed by atoms with E-state index in [1.54, 1.807) is 26.1 Å². The van der Waals surface area contributed by atoms with Crippen LogP contribution < -0.4 is 11.3 Å². The summed E-state index contributed by atoms with van der Waals surface area (Å²) in [5, 5.41) is 9.15. The summed E-state index contributed by atoms with van der Waals surface area (Å²) in [5.74, 6) is 5.70. The van der Waals surface area contributed by atoms with Gasteiger partial charge in [0.2, 0.25) is 0 Å². The largest absolute Gasteiger partial charge is 0.394 e. The predicted molar refractivity (Wildman–Crippen MR) is 79.4 cm³/mol. The first-order chi connectivity index (χ1) is 9.20. The Morgan fingerprint density at radius 2 is 2.10 bits per heavy atom. The number of hydrogen-bond donors (Lipinski definition) is 3. The summed E-state index contributed by atoms with van der Waals surface area (Å²) in [7, 11) is 1.66. The Balaban J connectivity index is 3.21. The third-order valence-corrected chi connectivity index (χ3v) is 3.23. The lowest BCUT2D eigenvalue weighted by Crippen LogP contribution is -2.37. The molecule has 6 nitrogen and oxygen atoms in total. The summed E-state index contributed by atoms with van der Waals surface area (Å²) in [6.07, 6.45) is 0. The van der Waals surface area contributed by atoms with E-state index in [0.717, 1.165) is 5.69 Å². The third kappa shape index (κ3) is 3.68. The molecule has 0 saturated heterocycles. The zero-order valence-corrected chi connectivity index (χ0v) is 12.8. The number of pyridine rings is 1. The Bertz CT molecular complexity index is 483. The van der Waals surface area contributed by atoms with Gasteiger partial charge in [0.05, 0.1) is 12.6 Å². The molecule has 0 saturated carbocycles. The van der Waals surface area contributed by atoms with Crippen molar-refractivity contribution in [2.24, 2.45) is 5.84 Å². The number of nitrogen functional groups attached to an aromatic ring is 1. The Hall–Kier alpha value is -1.66. The molecule has 1 amide bonds. The van der Waals surface area contributed by atoms with Gasteiger partial charge in [0.15, 0.2) is 0 Å². The molecule has 0 aliphatic carbocycles. The standard InChI is InChI=1S/C14H24N4O2/c1-9(8-19)18(5)13(20)10-6-11(14(2,3)4)16-12(7-10)17-15/h6-7,9,19H,8,15H2,1-5H3,(H,16,17). The lowest BCUT2D eigenvalue weighted by molar-refractivity contribution is 0.0682. The van der Waals surface area contributed by atoms with E-state index in [4.69, 9.17) is 10.9 Å². The number of hydrazine groups is 1. The molecule has 1 atom stereocenters. The van der Waals surface area contributed by atoms with Crippen molar-refractivity contribution in [1.29, 1.82) is 0 Å². The number of aromatic nitrogens is 1. The highest BCUT2D eigenvalue weighted by Crippen LogP contribution is 2.23. The number of nitrogens with two attached hydrogens (primary N) is 1. The van der Waals surface area contributed by atoms with Crippen molar-refractivity contribution >= 4 is 11.7 Å². The fourth-order valence-corrected chi connectivity index (χ4v) is 1.64. The number of likely N-dealkylation sites (N-methyl/N-ethyl adjacent to an activating group) is 1. The van der Waals surface area contributed by atoms with E-state index in [1.165, 1.54) is 4.90 Å². The van der Waals surface area contributed by atoms with Crippen LogP contribution >= 0.6 is 0 Å². The number of hydrogen-bond acceptors (Lipinski definition) is 5. The maximum Gasteiger partial charge on any atom is 0.254 e. The van der Waals surface area contributed by atoms with E-state index in [-0.39, 0.29) is 24.0 Å². The van der Waals surface area contributed by atoms with Crippen LogP contribution in [-0.4, -0.2) is 40.6 Å². The molecule has 1 heterocycles. The maximum absolute atomic E-state index is 12.4. The average Bonchev–Trinajstić information content (AvgIpc) is 2.43. The first kappa shape index (κ1) is 16.4. The maximum atomic E-state index is 12.4. The summed E-state index contributed by atoms with van der Waals surface area (Å²) in [6.45, 7) is 7.76. The second-order valence-corrected chi connectivity index (χ2v) is 5.97. The van der Waals surface area contributed by atoms with Gasteiger partial charge in [-0.25, -0.2) is 10.8 Å². The highest BCUT2D eigenvalue weighted by Gasteiger charge is 2.22. The van der Waals surface area contributed by atoms with Crippen LogP contribution in [0.2, 0.25) is 0 Å². The van der Waals surface area contributed by atoms with Crippen LogP contribution in [0.25, 0.3) is 0 Å². The van der Waals surface area contributed by atoms with E-state index in [1.807, 2.05) is 20.8 Å². The monoisotopic (exact) mass is 280 g/mol. The summed E-state index contributed by atoms with van der Waals surface area (Å²) < 4.78 is 0. The molecule has 4 N–H and O–H groups in total. The Morgan fingerprint density at radius 1 is 1.50 bits per heavy atom. The minimum Gasteiger partial charge on any atom is -0.394 e. The lowest BCUT2D eigenvalue weighted by Gasteiger charge is -2.25. The smallest absolute Gasteiger partial charge is 0.254 e. The zero-order chi connectivity index (χ0) is 15.5. The Kier molecular flexibility index (Phi) is 5.08. The molecule has 0 spiro atoms. The number of aliphatic hydroxyl groups is 1. The van der Waals surface area contributed by atoms with Gasteiger partial charge in [0.25, 0.3) is 5.91 Å². The van der Waals surface area contributed by atoms with Crippen molar-refractivity contribution in [3.63, 3.8) is 0 Å². The molecule has 1 unspecified atom stereocenters. The number of nitrogens with one attached hydrogen (secondary N) is 1. The number of anilines is 1. The van der Waals surface area contributed by atoms with E-state index in [9.17, 15) is 4.79 Å². The van der Waals surface area contributed by atoms with Crippen LogP contribution in [0.1, 0.15) is 43.7 Å². The molecule has 1 rings (SSSR count). The molecule has 1 aromatic rings.